The largest absolute Gasteiger partial charge is 0.0625 e. The van der Waals surface area contributed by atoms with E-state index in [2.05, 4.69) is 13.8 Å². The maximum atomic E-state index is 2.73. The van der Waals surface area contributed by atoms with Gasteiger partial charge in [-0.3, -0.25) is 0 Å². The Hall–Kier alpha value is 0. The van der Waals surface area contributed by atoms with E-state index in [0.717, 1.165) is 71.0 Å². The highest BCUT2D eigenvalue weighted by atomic mass is 14.5. The van der Waals surface area contributed by atoms with Gasteiger partial charge in [-0.05, 0) is 129 Å². The summed E-state index contributed by atoms with van der Waals surface area (Å²) in [5.74, 6) is 13.0. The zero-order chi connectivity index (χ0) is 25.9. The van der Waals surface area contributed by atoms with Crippen LogP contribution < -0.4 is 0 Å². The Balaban J connectivity index is 1.00. The van der Waals surface area contributed by atoms with Gasteiger partial charge in [-0.25, -0.2) is 0 Å². The quantitative estimate of drug-likeness (QED) is 0.297. The van der Waals surface area contributed by atoms with Crippen molar-refractivity contribution in [2.24, 2.45) is 71.0 Å². The van der Waals surface area contributed by atoms with Crippen molar-refractivity contribution in [3.63, 3.8) is 0 Å². The minimum atomic E-state index is 0.997. The predicted molar refractivity (Wildman–Crippen MR) is 164 cm³/mol. The lowest BCUT2D eigenvalue weighted by Gasteiger charge is -2.40. The maximum absolute atomic E-state index is 2.73. The lowest BCUT2D eigenvalue weighted by molar-refractivity contribution is 0.103. The molecular weight excluding hydrogens is 456 g/mol. The molecule has 0 aliphatic heterocycles. The highest BCUT2D eigenvalue weighted by Crippen LogP contribution is 2.55. The van der Waals surface area contributed by atoms with Gasteiger partial charge in [0.2, 0.25) is 0 Å². The van der Waals surface area contributed by atoms with Crippen LogP contribution in [0.25, 0.3) is 0 Å². The molecule has 6 fully saturated rings. The van der Waals surface area contributed by atoms with Gasteiger partial charge in [-0.15, -0.1) is 0 Å². The number of fused-ring (bicyclic) bond motifs is 1. The molecule has 0 amide bonds. The van der Waals surface area contributed by atoms with Crippen LogP contribution in [0.4, 0.5) is 0 Å². The summed E-state index contributed by atoms with van der Waals surface area (Å²) in [5, 5.41) is 0. The van der Waals surface area contributed by atoms with Crippen molar-refractivity contribution in [3.8, 4) is 0 Å². The molecule has 0 aromatic heterocycles. The van der Waals surface area contributed by atoms with E-state index in [0.29, 0.717) is 0 Å². The smallest absolute Gasteiger partial charge is 0.0357 e. The van der Waals surface area contributed by atoms with Crippen molar-refractivity contribution in [3.05, 3.63) is 0 Å². The van der Waals surface area contributed by atoms with Crippen LogP contribution in [0, 0.1) is 71.0 Å². The number of rotatable bonds is 8. The average molecular weight is 523 g/mol. The summed E-state index contributed by atoms with van der Waals surface area (Å²) in [6.45, 7) is 5.22. The summed E-state index contributed by atoms with van der Waals surface area (Å²) < 4.78 is 0. The molecule has 0 bridgehead atoms. The topological polar surface area (TPSA) is 0 Å². The Morgan fingerprint density at radius 1 is 0.500 bits per heavy atom. The molecule has 0 radical (unpaired) electrons. The van der Waals surface area contributed by atoms with E-state index in [4.69, 9.17) is 0 Å². The molecule has 9 unspecified atom stereocenters. The molecule has 218 valence electrons. The van der Waals surface area contributed by atoms with E-state index >= 15 is 0 Å². The third-order valence-corrected chi connectivity index (χ3v) is 14.3. The fourth-order valence-electron chi connectivity index (χ4n) is 12.3. The molecule has 9 atom stereocenters. The number of hydrogen-bond acceptors (Lipinski definition) is 0. The molecule has 6 rings (SSSR count). The lowest BCUT2D eigenvalue weighted by atomic mass is 9.65. The highest BCUT2D eigenvalue weighted by molar-refractivity contribution is 4.95. The van der Waals surface area contributed by atoms with Crippen molar-refractivity contribution in [1.82, 2.24) is 0 Å². The monoisotopic (exact) mass is 523 g/mol. The Morgan fingerprint density at radius 3 is 2.03 bits per heavy atom. The van der Waals surface area contributed by atoms with Gasteiger partial charge in [0.05, 0.1) is 0 Å². The van der Waals surface area contributed by atoms with E-state index < -0.39 is 0 Å². The summed E-state index contributed by atoms with van der Waals surface area (Å²) in [6.07, 6.45) is 37.8. The van der Waals surface area contributed by atoms with Crippen molar-refractivity contribution < 1.29 is 0 Å². The second-order valence-electron chi connectivity index (χ2n) is 16.8. The normalized spacial score (nSPS) is 45.6. The van der Waals surface area contributed by atoms with E-state index in [1.165, 1.54) is 44.9 Å². The van der Waals surface area contributed by atoms with Gasteiger partial charge < -0.3 is 0 Å². The van der Waals surface area contributed by atoms with E-state index in [1.54, 1.807) is 109 Å². The van der Waals surface area contributed by atoms with Crippen LogP contribution in [-0.4, -0.2) is 0 Å². The highest BCUT2D eigenvalue weighted by Gasteiger charge is 2.45. The minimum Gasteiger partial charge on any atom is -0.0625 e. The molecule has 6 aliphatic rings. The Kier molecular flexibility index (Phi) is 9.86. The van der Waals surface area contributed by atoms with Crippen LogP contribution in [0.5, 0.6) is 0 Å². The first-order valence-corrected chi connectivity index (χ1v) is 18.6. The van der Waals surface area contributed by atoms with Crippen LogP contribution in [-0.2, 0) is 0 Å². The van der Waals surface area contributed by atoms with Crippen molar-refractivity contribution in [2.75, 3.05) is 0 Å². The van der Waals surface area contributed by atoms with Gasteiger partial charge in [0, 0.05) is 0 Å². The van der Waals surface area contributed by atoms with Gasteiger partial charge in [0.15, 0.2) is 0 Å². The van der Waals surface area contributed by atoms with E-state index in [-0.39, 0.29) is 0 Å². The lowest BCUT2D eigenvalue weighted by Crippen LogP contribution is -2.30. The fraction of sp³-hybridized carbons (Fsp3) is 1.00. The molecule has 6 aliphatic carbocycles. The molecule has 0 heteroatoms. The molecular formula is C38H66. The first kappa shape index (κ1) is 28.1. The number of hydrogen-bond donors (Lipinski definition) is 0. The molecule has 0 heterocycles. The van der Waals surface area contributed by atoms with Crippen molar-refractivity contribution >= 4 is 0 Å². The molecule has 0 spiro atoms. The van der Waals surface area contributed by atoms with Gasteiger partial charge in [-0.1, -0.05) is 110 Å². The van der Waals surface area contributed by atoms with Crippen molar-refractivity contribution in [2.45, 2.75) is 168 Å². The SMILES string of the molecule is CC1CCC(CC2CCCCC2C(C)CC2CCCC2C2CC3CCC(CC4CCCCC4)CC3C2)CC1. The van der Waals surface area contributed by atoms with Gasteiger partial charge in [0.1, 0.15) is 0 Å². The third-order valence-electron chi connectivity index (χ3n) is 14.3. The first-order chi connectivity index (χ1) is 18.6. The summed E-state index contributed by atoms with van der Waals surface area (Å²) in [6, 6.07) is 0. The van der Waals surface area contributed by atoms with E-state index in [1.807, 2.05) is 0 Å². The zero-order valence-electron chi connectivity index (χ0n) is 25.9. The van der Waals surface area contributed by atoms with Crippen LogP contribution in [0.1, 0.15) is 168 Å². The fourth-order valence-corrected chi connectivity index (χ4v) is 12.3. The molecule has 0 N–H and O–H groups in total. The van der Waals surface area contributed by atoms with Gasteiger partial charge in [-0.2, -0.15) is 0 Å². The first-order valence-electron chi connectivity index (χ1n) is 18.6. The average Bonchev–Trinajstić information content (AvgIpc) is 3.57. The molecule has 0 saturated heterocycles. The summed E-state index contributed by atoms with van der Waals surface area (Å²) in [4.78, 5) is 0. The minimum absolute atomic E-state index is 0.997. The Morgan fingerprint density at radius 2 is 1.18 bits per heavy atom. The molecule has 0 nitrogen and oxygen atoms in total. The molecule has 0 aromatic carbocycles. The summed E-state index contributed by atoms with van der Waals surface area (Å²) in [7, 11) is 0. The Bertz CT molecular complexity index is 695. The summed E-state index contributed by atoms with van der Waals surface area (Å²) in [5.41, 5.74) is 0. The van der Waals surface area contributed by atoms with Crippen LogP contribution in [0.2, 0.25) is 0 Å². The molecule has 38 heavy (non-hydrogen) atoms. The zero-order valence-corrected chi connectivity index (χ0v) is 25.9. The van der Waals surface area contributed by atoms with Gasteiger partial charge >= 0.3 is 0 Å². The molecule has 6 saturated carbocycles. The van der Waals surface area contributed by atoms with Crippen LogP contribution >= 0.6 is 0 Å². The van der Waals surface area contributed by atoms with Crippen LogP contribution in [0.15, 0.2) is 0 Å². The van der Waals surface area contributed by atoms with Gasteiger partial charge in [0.25, 0.3) is 0 Å². The third kappa shape index (κ3) is 6.89. The van der Waals surface area contributed by atoms with Crippen molar-refractivity contribution in [1.29, 1.82) is 0 Å². The Labute approximate surface area is 238 Å². The second-order valence-corrected chi connectivity index (χ2v) is 16.8. The van der Waals surface area contributed by atoms with E-state index in [9.17, 15) is 0 Å². The van der Waals surface area contributed by atoms with Crippen LogP contribution in [0.3, 0.4) is 0 Å². The predicted octanol–water partition coefficient (Wildman–Crippen LogP) is 11.9. The second kappa shape index (κ2) is 13.3. The molecule has 0 aromatic rings. The summed E-state index contributed by atoms with van der Waals surface area (Å²) >= 11 is 0. The maximum Gasteiger partial charge on any atom is -0.0357 e. The standard InChI is InChI=1S/C38H66/c1-27-15-17-30(18-16-27)23-34-11-6-7-13-37(34)28(2)21-33-12-8-14-38(33)36-25-32-20-19-31(24-35(32)26-36)22-29-9-4-3-5-10-29/h27-38H,3-26H2,1-2H3.